The quantitative estimate of drug-likeness (QED) is 0.729. The van der Waals surface area contributed by atoms with E-state index >= 15 is 0 Å². The average molecular weight is 356 g/mol. The number of hydrogen-bond donors (Lipinski definition) is 1. The molecule has 0 aliphatic heterocycles. The van der Waals surface area contributed by atoms with Crippen molar-refractivity contribution in [2.75, 3.05) is 0 Å². The van der Waals surface area contributed by atoms with E-state index in [4.69, 9.17) is 15.0 Å². The Balaban J connectivity index is 1.36. The van der Waals surface area contributed by atoms with Gasteiger partial charge in [-0.1, -0.05) is 22.9 Å². The van der Waals surface area contributed by atoms with Gasteiger partial charge in [-0.05, 0) is 38.3 Å². The summed E-state index contributed by atoms with van der Waals surface area (Å²) in [6, 6.07) is 7.99. The molecule has 1 aromatic carbocycles. The maximum Gasteiger partial charge on any atom is 0.232 e. The van der Waals surface area contributed by atoms with Crippen LogP contribution in [0.1, 0.15) is 47.2 Å². The molecular weight excluding hydrogens is 336 g/mol. The molecule has 1 fully saturated rings. The fourth-order valence-corrected chi connectivity index (χ4v) is 3.45. The normalized spacial score (nSPS) is 15.8. The number of benzene rings is 1. The fourth-order valence-electron chi connectivity index (χ4n) is 2.74. The molecule has 0 radical (unpaired) electrons. The summed E-state index contributed by atoms with van der Waals surface area (Å²) in [5.74, 6) is 2.02. The Bertz CT molecular complexity index is 852. The maximum atomic E-state index is 6.22. The van der Waals surface area contributed by atoms with Gasteiger partial charge in [0.25, 0.3) is 0 Å². The van der Waals surface area contributed by atoms with Gasteiger partial charge in [-0.2, -0.15) is 4.98 Å². The van der Waals surface area contributed by atoms with Crippen LogP contribution in [0.3, 0.4) is 0 Å². The van der Waals surface area contributed by atoms with E-state index in [1.165, 1.54) is 5.56 Å². The first-order chi connectivity index (χ1) is 12.1. The van der Waals surface area contributed by atoms with Crippen molar-refractivity contribution < 1.29 is 9.26 Å². The molecule has 0 atom stereocenters. The van der Waals surface area contributed by atoms with Gasteiger partial charge in [-0.15, -0.1) is 11.3 Å². The molecular formula is C18H20N4O2S. The van der Waals surface area contributed by atoms with E-state index in [1.54, 1.807) is 11.3 Å². The summed E-state index contributed by atoms with van der Waals surface area (Å²) in [5, 5.41) is 6.96. The minimum absolute atomic E-state index is 0.392. The molecule has 2 heterocycles. The molecule has 2 aromatic heterocycles. The van der Waals surface area contributed by atoms with Gasteiger partial charge in [0, 0.05) is 5.38 Å². The van der Waals surface area contributed by atoms with Crippen molar-refractivity contribution in [3.8, 4) is 5.75 Å². The van der Waals surface area contributed by atoms with Crippen molar-refractivity contribution in [2.24, 2.45) is 5.73 Å². The van der Waals surface area contributed by atoms with Gasteiger partial charge >= 0.3 is 0 Å². The van der Waals surface area contributed by atoms with Crippen LogP contribution in [0, 0.1) is 6.92 Å². The summed E-state index contributed by atoms with van der Waals surface area (Å²) < 4.78 is 11.1. The van der Waals surface area contributed by atoms with Crippen molar-refractivity contribution in [1.29, 1.82) is 0 Å². The van der Waals surface area contributed by atoms with E-state index in [1.807, 2.05) is 29.6 Å². The van der Waals surface area contributed by atoms with Crippen molar-refractivity contribution in [2.45, 2.75) is 44.8 Å². The Morgan fingerprint density at radius 1 is 1.24 bits per heavy atom. The molecule has 1 aliphatic carbocycles. The van der Waals surface area contributed by atoms with Crippen molar-refractivity contribution in [3.63, 3.8) is 0 Å². The van der Waals surface area contributed by atoms with Gasteiger partial charge in [0.15, 0.2) is 5.82 Å². The summed E-state index contributed by atoms with van der Waals surface area (Å²) in [6.45, 7) is 2.51. The van der Waals surface area contributed by atoms with E-state index in [0.29, 0.717) is 24.7 Å². The average Bonchev–Trinajstić information content (AvgIpc) is 3.22. The minimum Gasteiger partial charge on any atom is -0.486 e. The number of nitrogens with zero attached hydrogens (tertiary/aromatic N) is 3. The molecule has 0 bridgehead atoms. The largest absolute Gasteiger partial charge is 0.486 e. The second-order valence-electron chi connectivity index (χ2n) is 6.53. The standard InChI is InChI=1S/C18H20N4O2S/c1-12-3-5-14(6-4-12)23-10-16-20-13(11-25-16)9-15-21-17(22-24-15)18(19)7-2-8-18/h3-6,11H,2,7-10,19H2,1H3. The highest BCUT2D eigenvalue weighted by atomic mass is 32.1. The van der Waals surface area contributed by atoms with E-state index in [9.17, 15) is 0 Å². The van der Waals surface area contributed by atoms with Crippen LogP contribution in [0.4, 0.5) is 0 Å². The molecule has 1 saturated carbocycles. The van der Waals surface area contributed by atoms with Gasteiger partial charge in [0.05, 0.1) is 17.7 Å². The highest BCUT2D eigenvalue weighted by molar-refractivity contribution is 7.09. The topological polar surface area (TPSA) is 87.1 Å². The van der Waals surface area contributed by atoms with Crippen LogP contribution < -0.4 is 10.5 Å². The molecule has 1 aliphatic rings. The number of thiazole rings is 1. The lowest BCUT2D eigenvalue weighted by Gasteiger charge is -2.34. The van der Waals surface area contributed by atoms with Crippen molar-refractivity contribution in [1.82, 2.24) is 15.1 Å². The Morgan fingerprint density at radius 3 is 2.76 bits per heavy atom. The van der Waals surface area contributed by atoms with Gasteiger partial charge in [-0.25, -0.2) is 4.98 Å². The molecule has 0 amide bonds. The summed E-state index contributed by atoms with van der Waals surface area (Å²) in [4.78, 5) is 9.02. The van der Waals surface area contributed by atoms with E-state index in [-0.39, 0.29) is 0 Å². The minimum atomic E-state index is -0.392. The lowest BCUT2D eigenvalue weighted by atomic mass is 9.77. The SMILES string of the molecule is Cc1ccc(OCc2nc(Cc3nc(C4(N)CCC4)no3)cs2)cc1. The van der Waals surface area contributed by atoms with Crippen LogP contribution in [-0.2, 0) is 18.6 Å². The monoisotopic (exact) mass is 356 g/mol. The predicted molar refractivity (Wildman–Crippen MR) is 94.4 cm³/mol. The summed E-state index contributed by atoms with van der Waals surface area (Å²) in [5.41, 5.74) is 7.95. The summed E-state index contributed by atoms with van der Waals surface area (Å²) >= 11 is 1.57. The maximum absolute atomic E-state index is 6.22. The lowest BCUT2D eigenvalue weighted by molar-refractivity contribution is 0.229. The molecule has 0 saturated heterocycles. The van der Waals surface area contributed by atoms with E-state index < -0.39 is 5.54 Å². The Morgan fingerprint density at radius 2 is 2.04 bits per heavy atom. The highest BCUT2D eigenvalue weighted by Crippen LogP contribution is 2.36. The Kier molecular flexibility index (Phi) is 4.27. The number of hydrogen-bond acceptors (Lipinski definition) is 7. The summed E-state index contributed by atoms with van der Waals surface area (Å²) in [7, 11) is 0. The molecule has 25 heavy (non-hydrogen) atoms. The molecule has 7 heteroatoms. The molecule has 0 spiro atoms. The smallest absolute Gasteiger partial charge is 0.232 e. The van der Waals surface area contributed by atoms with Gasteiger partial charge in [0.1, 0.15) is 17.4 Å². The number of rotatable bonds is 6. The zero-order valence-corrected chi connectivity index (χ0v) is 14.9. The van der Waals surface area contributed by atoms with Crippen LogP contribution >= 0.6 is 11.3 Å². The number of nitrogens with two attached hydrogens (primary N) is 1. The van der Waals surface area contributed by atoms with Crippen molar-refractivity contribution in [3.05, 3.63) is 57.6 Å². The van der Waals surface area contributed by atoms with E-state index in [2.05, 4.69) is 22.0 Å². The van der Waals surface area contributed by atoms with Crippen LogP contribution in [0.5, 0.6) is 5.75 Å². The third kappa shape index (κ3) is 3.57. The lowest BCUT2D eigenvalue weighted by Crippen LogP contribution is -2.44. The van der Waals surface area contributed by atoms with E-state index in [0.717, 1.165) is 35.7 Å². The van der Waals surface area contributed by atoms with Crippen LogP contribution in [-0.4, -0.2) is 15.1 Å². The molecule has 4 rings (SSSR count). The number of aryl methyl sites for hydroxylation is 1. The third-order valence-corrected chi connectivity index (χ3v) is 5.35. The van der Waals surface area contributed by atoms with Crippen LogP contribution in [0.15, 0.2) is 34.2 Å². The number of aromatic nitrogens is 3. The van der Waals surface area contributed by atoms with Gasteiger partial charge in [-0.3, -0.25) is 0 Å². The molecule has 3 aromatic rings. The third-order valence-electron chi connectivity index (χ3n) is 4.47. The van der Waals surface area contributed by atoms with Gasteiger partial charge < -0.3 is 15.0 Å². The molecule has 2 N–H and O–H groups in total. The zero-order chi connectivity index (χ0) is 17.3. The Hall–Kier alpha value is -2.25. The van der Waals surface area contributed by atoms with Crippen LogP contribution in [0.2, 0.25) is 0 Å². The molecule has 0 unspecified atom stereocenters. The second kappa shape index (κ2) is 6.57. The Labute approximate surface area is 150 Å². The first-order valence-electron chi connectivity index (χ1n) is 8.35. The predicted octanol–water partition coefficient (Wildman–Crippen LogP) is 3.34. The zero-order valence-electron chi connectivity index (χ0n) is 14.1. The van der Waals surface area contributed by atoms with Gasteiger partial charge in [0.2, 0.25) is 5.89 Å². The first-order valence-corrected chi connectivity index (χ1v) is 9.23. The summed E-state index contributed by atoms with van der Waals surface area (Å²) in [6.07, 6.45) is 3.48. The second-order valence-corrected chi connectivity index (χ2v) is 7.48. The van der Waals surface area contributed by atoms with Crippen molar-refractivity contribution >= 4 is 11.3 Å². The first kappa shape index (κ1) is 16.2. The highest BCUT2D eigenvalue weighted by Gasteiger charge is 2.38. The molecule has 6 nitrogen and oxygen atoms in total. The fraction of sp³-hybridized carbons (Fsp3) is 0.389. The van der Waals surface area contributed by atoms with Crippen LogP contribution in [0.25, 0.3) is 0 Å². The number of ether oxygens (including phenoxy) is 1. The molecule has 130 valence electrons.